The van der Waals surface area contributed by atoms with Crippen LogP contribution in [-0.4, -0.2) is 50.4 Å². The average molecular weight is 385 g/mol. The van der Waals surface area contributed by atoms with Crippen molar-refractivity contribution in [3.8, 4) is 11.5 Å². The summed E-state index contributed by atoms with van der Waals surface area (Å²) in [6.45, 7) is 10.4. The van der Waals surface area contributed by atoms with Gasteiger partial charge in [-0.15, -0.1) is 0 Å². The van der Waals surface area contributed by atoms with Crippen molar-refractivity contribution in [2.45, 2.75) is 32.5 Å². The van der Waals surface area contributed by atoms with Crippen LogP contribution in [0.4, 0.5) is 0 Å². The van der Waals surface area contributed by atoms with Gasteiger partial charge in [-0.1, -0.05) is 36.4 Å². The highest BCUT2D eigenvalue weighted by atomic mass is 16.5. The molecule has 5 nitrogen and oxygen atoms in total. The molecule has 2 aromatic rings. The van der Waals surface area contributed by atoms with Crippen LogP contribution in [-0.2, 0) is 17.9 Å². The number of rotatable bonds is 9. The summed E-state index contributed by atoms with van der Waals surface area (Å²) in [7, 11) is 1.67. The fraction of sp³-hybridized carbons (Fsp3) is 0.478. The number of hydrogen-bond acceptors (Lipinski definition) is 5. The number of nitrogens with zero attached hydrogens (tertiary/aromatic N) is 1. The van der Waals surface area contributed by atoms with Crippen LogP contribution in [0, 0.1) is 0 Å². The Hall–Kier alpha value is -2.08. The lowest BCUT2D eigenvalue weighted by Gasteiger charge is -2.41. The SMILES string of the molecule is COc1ccc(CNCC(C)(C)N2CCOCC2)cc1OCc1ccccc1. The molecule has 1 aliphatic heterocycles. The van der Waals surface area contributed by atoms with Crippen molar-refractivity contribution in [3.05, 3.63) is 59.7 Å². The minimum absolute atomic E-state index is 0.100. The Kier molecular flexibility index (Phi) is 7.31. The van der Waals surface area contributed by atoms with Crippen molar-refractivity contribution < 1.29 is 14.2 Å². The van der Waals surface area contributed by atoms with Crippen LogP contribution in [0.15, 0.2) is 48.5 Å². The van der Waals surface area contributed by atoms with E-state index in [1.54, 1.807) is 7.11 Å². The zero-order valence-electron chi connectivity index (χ0n) is 17.2. The number of methoxy groups -OCH3 is 1. The molecule has 0 aliphatic carbocycles. The van der Waals surface area contributed by atoms with Crippen molar-refractivity contribution in [1.29, 1.82) is 0 Å². The Bertz CT molecular complexity index is 728. The van der Waals surface area contributed by atoms with E-state index in [1.165, 1.54) is 5.56 Å². The second-order valence-electron chi connectivity index (χ2n) is 7.77. The van der Waals surface area contributed by atoms with Crippen LogP contribution in [0.25, 0.3) is 0 Å². The number of hydrogen-bond donors (Lipinski definition) is 1. The van der Waals surface area contributed by atoms with Crippen molar-refractivity contribution in [2.75, 3.05) is 40.0 Å². The molecule has 1 saturated heterocycles. The van der Waals surface area contributed by atoms with Gasteiger partial charge in [0.2, 0.25) is 0 Å². The molecular weight excluding hydrogens is 352 g/mol. The molecule has 3 rings (SSSR count). The number of benzene rings is 2. The molecule has 1 aliphatic rings. The maximum atomic E-state index is 6.02. The quantitative estimate of drug-likeness (QED) is 0.717. The standard InChI is InChI=1S/C23H32N2O3/c1-23(2,25-11-13-27-14-12-25)18-24-16-20-9-10-21(26-3)22(15-20)28-17-19-7-5-4-6-8-19/h4-10,15,24H,11-14,16-18H2,1-3H3. The molecule has 1 fully saturated rings. The van der Waals surface area contributed by atoms with Crippen molar-refractivity contribution >= 4 is 0 Å². The van der Waals surface area contributed by atoms with Crippen molar-refractivity contribution in [3.63, 3.8) is 0 Å². The Morgan fingerprint density at radius 3 is 2.46 bits per heavy atom. The maximum absolute atomic E-state index is 6.02. The third-order valence-corrected chi connectivity index (χ3v) is 5.22. The van der Waals surface area contributed by atoms with Gasteiger partial charge in [0.25, 0.3) is 0 Å². The fourth-order valence-electron chi connectivity index (χ4n) is 3.47. The van der Waals surface area contributed by atoms with Gasteiger partial charge in [0.1, 0.15) is 6.61 Å². The summed E-state index contributed by atoms with van der Waals surface area (Å²) in [5, 5.41) is 3.60. The second kappa shape index (κ2) is 9.92. The Morgan fingerprint density at radius 1 is 1.00 bits per heavy atom. The molecule has 0 spiro atoms. The van der Waals surface area contributed by atoms with E-state index in [9.17, 15) is 0 Å². The first-order chi connectivity index (χ1) is 13.6. The number of ether oxygens (including phenoxy) is 3. The van der Waals surface area contributed by atoms with E-state index in [0.717, 1.165) is 56.5 Å². The summed E-state index contributed by atoms with van der Waals surface area (Å²) in [6.07, 6.45) is 0. The molecule has 1 N–H and O–H groups in total. The lowest BCUT2D eigenvalue weighted by molar-refractivity contribution is -0.00967. The first kappa shape index (κ1) is 20.6. The highest BCUT2D eigenvalue weighted by Crippen LogP contribution is 2.29. The minimum atomic E-state index is 0.100. The predicted octanol–water partition coefficient (Wildman–Crippen LogP) is 3.47. The Labute approximate surface area is 168 Å². The summed E-state index contributed by atoms with van der Waals surface area (Å²) < 4.78 is 17.0. The summed E-state index contributed by atoms with van der Waals surface area (Å²) in [6, 6.07) is 16.3. The zero-order valence-corrected chi connectivity index (χ0v) is 17.2. The van der Waals surface area contributed by atoms with E-state index in [2.05, 4.69) is 48.3 Å². The summed E-state index contributed by atoms with van der Waals surface area (Å²) >= 11 is 0. The van der Waals surface area contributed by atoms with Crippen molar-refractivity contribution in [2.24, 2.45) is 0 Å². The highest BCUT2D eigenvalue weighted by Gasteiger charge is 2.27. The van der Waals surface area contributed by atoms with Crippen LogP contribution in [0.1, 0.15) is 25.0 Å². The number of morpholine rings is 1. The van der Waals surface area contributed by atoms with E-state index in [0.29, 0.717) is 6.61 Å². The first-order valence-corrected chi connectivity index (χ1v) is 9.96. The largest absolute Gasteiger partial charge is 0.493 e. The summed E-state index contributed by atoms with van der Waals surface area (Å²) in [4.78, 5) is 2.49. The zero-order chi connectivity index (χ0) is 19.8. The molecule has 1 heterocycles. The molecular formula is C23H32N2O3. The average Bonchev–Trinajstić information content (AvgIpc) is 2.73. The van der Waals surface area contributed by atoms with Gasteiger partial charge < -0.3 is 19.5 Å². The van der Waals surface area contributed by atoms with Crippen LogP contribution in [0.2, 0.25) is 0 Å². The second-order valence-corrected chi connectivity index (χ2v) is 7.77. The molecule has 0 bridgehead atoms. The highest BCUT2D eigenvalue weighted by molar-refractivity contribution is 5.43. The van der Waals surface area contributed by atoms with Gasteiger partial charge in [-0.05, 0) is 37.1 Å². The van der Waals surface area contributed by atoms with Crippen LogP contribution in [0.3, 0.4) is 0 Å². The van der Waals surface area contributed by atoms with Gasteiger partial charge in [0.05, 0.1) is 20.3 Å². The fourth-order valence-corrected chi connectivity index (χ4v) is 3.47. The van der Waals surface area contributed by atoms with Gasteiger partial charge in [-0.3, -0.25) is 4.90 Å². The molecule has 0 unspecified atom stereocenters. The van der Waals surface area contributed by atoms with E-state index in [4.69, 9.17) is 14.2 Å². The number of nitrogens with one attached hydrogen (secondary N) is 1. The van der Waals surface area contributed by atoms with Crippen molar-refractivity contribution in [1.82, 2.24) is 10.2 Å². The third-order valence-electron chi connectivity index (χ3n) is 5.22. The molecule has 152 valence electrons. The molecule has 0 aromatic heterocycles. The van der Waals surface area contributed by atoms with Crippen LogP contribution < -0.4 is 14.8 Å². The molecule has 0 radical (unpaired) electrons. The molecule has 0 amide bonds. The van der Waals surface area contributed by atoms with Gasteiger partial charge in [0, 0.05) is 31.7 Å². The minimum Gasteiger partial charge on any atom is -0.493 e. The summed E-state index contributed by atoms with van der Waals surface area (Å²) in [5.41, 5.74) is 2.42. The molecule has 28 heavy (non-hydrogen) atoms. The third kappa shape index (κ3) is 5.71. The van der Waals surface area contributed by atoms with Gasteiger partial charge in [0.15, 0.2) is 11.5 Å². The van der Waals surface area contributed by atoms with Gasteiger partial charge in [-0.25, -0.2) is 0 Å². The summed E-state index contributed by atoms with van der Waals surface area (Å²) in [5.74, 6) is 1.53. The normalized spacial score (nSPS) is 15.4. The van der Waals surface area contributed by atoms with E-state index >= 15 is 0 Å². The lowest BCUT2D eigenvalue weighted by atomic mass is 10.0. The predicted molar refractivity (Wildman–Crippen MR) is 112 cm³/mol. The van der Waals surface area contributed by atoms with E-state index in [-0.39, 0.29) is 5.54 Å². The van der Waals surface area contributed by atoms with Crippen LogP contribution in [0.5, 0.6) is 11.5 Å². The monoisotopic (exact) mass is 384 g/mol. The van der Waals surface area contributed by atoms with Gasteiger partial charge >= 0.3 is 0 Å². The molecule has 2 aromatic carbocycles. The molecule has 0 atom stereocenters. The smallest absolute Gasteiger partial charge is 0.161 e. The van der Waals surface area contributed by atoms with Crippen LogP contribution >= 0.6 is 0 Å². The Balaban J connectivity index is 1.56. The van der Waals surface area contributed by atoms with E-state index in [1.807, 2.05) is 24.3 Å². The molecule has 5 heteroatoms. The lowest BCUT2D eigenvalue weighted by Crippen LogP contribution is -2.54. The van der Waals surface area contributed by atoms with Gasteiger partial charge in [-0.2, -0.15) is 0 Å². The Morgan fingerprint density at radius 2 is 1.75 bits per heavy atom. The molecule has 0 saturated carbocycles. The maximum Gasteiger partial charge on any atom is 0.161 e. The topological polar surface area (TPSA) is 43.0 Å². The van der Waals surface area contributed by atoms with E-state index < -0.39 is 0 Å². The first-order valence-electron chi connectivity index (χ1n) is 9.96.